The second-order valence-electron chi connectivity index (χ2n) is 5.69. The van der Waals surface area contributed by atoms with Gasteiger partial charge in [0.05, 0.1) is 13.1 Å². The van der Waals surface area contributed by atoms with Crippen LogP contribution in [0.15, 0.2) is 46.8 Å². The third kappa shape index (κ3) is 8.13. The number of hydrogen-bond donors (Lipinski definition) is 2. The molecule has 0 aliphatic carbocycles. The van der Waals surface area contributed by atoms with Gasteiger partial charge in [-0.25, -0.2) is 9.38 Å². The van der Waals surface area contributed by atoms with E-state index in [0.717, 1.165) is 12.0 Å². The number of nitrogens with one attached hydrogen (secondary N) is 2. The Labute approximate surface area is 174 Å². The first-order chi connectivity index (χ1) is 12.0. The van der Waals surface area contributed by atoms with Gasteiger partial charge in [-0.1, -0.05) is 18.2 Å². The largest absolute Gasteiger partial charge is 0.356 e. The average molecular weight is 490 g/mol. The molecular formula is C18H24FIN4OS. The predicted octanol–water partition coefficient (Wildman–Crippen LogP) is 2.87. The van der Waals surface area contributed by atoms with E-state index < -0.39 is 0 Å². The molecule has 0 atom stereocenters. The van der Waals surface area contributed by atoms with E-state index in [0.29, 0.717) is 19.0 Å². The van der Waals surface area contributed by atoms with Crippen molar-refractivity contribution < 1.29 is 9.18 Å². The molecule has 2 N–H and O–H groups in total. The molecule has 1 heterocycles. The molecule has 5 nitrogen and oxygen atoms in total. The zero-order valence-electron chi connectivity index (χ0n) is 14.9. The van der Waals surface area contributed by atoms with Gasteiger partial charge in [-0.15, -0.1) is 35.3 Å². The van der Waals surface area contributed by atoms with E-state index in [1.165, 1.54) is 21.9 Å². The summed E-state index contributed by atoms with van der Waals surface area (Å²) in [6.07, 6.45) is 0.885. The molecule has 8 heteroatoms. The monoisotopic (exact) mass is 490 g/mol. The minimum atomic E-state index is -0.267. The number of benzene rings is 1. The van der Waals surface area contributed by atoms with E-state index in [1.54, 1.807) is 37.6 Å². The van der Waals surface area contributed by atoms with Crippen LogP contribution in [0.4, 0.5) is 4.39 Å². The molecular weight excluding hydrogens is 466 g/mol. The number of guanidine groups is 1. The van der Waals surface area contributed by atoms with Crippen LogP contribution in [0.25, 0.3) is 0 Å². The maximum atomic E-state index is 13.0. The second kappa shape index (κ2) is 11.8. The van der Waals surface area contributed by atoms with E-state index in [-0.39, 0.29) is 42.2 Å². The SMILES string of the molecule is CN(C)C(=O)CNC(=NCc1ccc(F)cc1)NCCc1cccs1.I. The number of halogens is 2. The zero-order valence-corrected chi connectivity index (χ0v) is 18.0. The van der Waals surface area contributed by atoms with Crippen molar-refractivity contribution in [3.8, 4) is 0 Å². The number of likely N-dealkylation sites (N-methyl/N-ethyl adjacent to an activating group) is 1. The van der Waals surface area contributed by atoms with Gasteiger partial charge in [0.1, 0.15) is 5.82 Å². The molecule has 0 fully saturated rings. The number of amides is 1. The summed E-state index contributed by atoms with van der Waals surface area (Å²) < 4.78 is 13.0. The lowest BCUT2D eigenvalue weighted by Crippen LogP contribution is -2.43. The molecule has 0 saturated heterocycles. The van der Waals surface area contributed by atoms with Gasteiger partial charge in [0.25, 0.3) is 0 Å². The Balaban J connectivity index is 0.00000338. The highest BCUT2D eigenvalue weighted by Gasteiger charge is 2.06. The minimum Gasteiger partial charge on any atom is -0.356 e. The van der Waals surface area contributed by atoms with E-state index in [9.17, 15) is 9.18 Å². The van der Waals surface area contributed by atoms with Gasteiger partial charge in [-0.05, 0) is 35.6 Å². The molecule has 0 aliphatic rings. The fraction of sp³-hybridized carbons (Fsp3) is 0.333. The van der Waals surface area contributed by atoms with Gasteiger partial charge in [-0.2, -0.15) is 0 Å². The lowest BCUT2D eigenvalue weighted by Gasteiger charge is -2.15. The molecule has 0 unspecified atom stereocenters. The summed E-state index contributed by atoms with van der Waals surface area (Å²) in [5, 5.41) is 8.32. The van der Waals surface area contributed by atoms with Crippen molar-refractivity contribution in [1.29, 1.82) is 0 Å². The molecule has 1 aromatic carbocycles. The van der Waals surface area contributed by atoms with Crippen LogP contribution in [-0.4, -0.2) is 44.0 Å². The van der Waals surface area contributed by atoms with Crippen LogP contribution >= 0.6 is 35.3 Å². The molecule has 2 rings (SSSR count). The van der Waals surface area contributed by atoms with Crippen molar-refractivity contribution in [3.05, 3.63) is 58.0 Å². The molecule has 142 valence electrons. The Morgan fingerprint density at radius 2 is 1.92 bits per heavy atom. The van der Waals surface area contributed by atoms with Crippen LogP contribution < -0.4 is 10.6 Å². The number of rotatable bonds is 7. The number of carbonyl (C=O) groups excluding carboxylic acids is 1. The molecule has 0 saturated carbocycles. The number of carbonyl (C=O) groups is 1. The normalized spacial score (nSPS) is 10.8. The summed E-state index contributed by atoms with van der Waals surface area (Å²) >= 11 is 1.71. The van der Waals surface area contributed by atoms with Gasteiger partial charge in [-0.3, -0.25) is 4.79 Å². The standard InChI is InChI=1S/C18H23FN4OS.HI/c1-23(2)17(24)13-22-18(20-10-9-16-4-3-11-25-16)21-12-14-5-7-15(19)8-6-14;/h3-8,11H,9-10,12-13H2,1-2H3,(H2,20,21,22);1H. The van der Waals surface area contributed by atoms with E-state index in [1.807, 2.05) is 11.4 Å². The topological polar surface area (TPSA) is 56.7 Å². The summed E-state index contributed by atoms with van der Waals surface area (Å²) in [6, 6.07) is 10.3. The maximum absolute atomic E-state index is 13.0. The molecule has 1 aromatic heterocycles. The van der Waals surface area contributed by atoms with E-state index in [4.69, 9.17) is 0 Å². The molecule has 2 aromatic rings. The van der Waals surface area contributed by atoms with Crippen molar-refractivity contribution >= 4 is 47.2 Å². The first-order valence-corrected chi connectivity index (χ1v) is 8.91. The first-order valence-electron chi connectivity index (χ1n) is 8.04. The second-order valence-corrected chi connectivity index (χ2v) is 6.72. The van der Waals surface area contributed by atoms with Crippen molar-refractivity contribution in [3.63, 3.8) is 0 Å². The third-order valence-electron chi connectivity index (χ3n) is 3.48. The van der Waals surface area contributed by atoms with Crippen LogP contribution in [0.2, 0.25) is 0 Å². The van der Waals surface area contributed by atoms with Crippen LogP contribution in [0.3, 0.4) is 0 Å². The fourth-order valence-electron chi connectivity index (χ4n) is 2.01. The minimum absolute atomic E-state index is 0. The molecule has 0 spiro atoms. The Morgan fingerprint density at radius 3 is 2.54 bits per heavy atom. The predicted molar refractivity (Wildman–Crippen MR) is 116 cm³/mol. The number of hydrogen-bond acceptors (Lipinski definition) is 3. The van der Waals surface area contributed by atoms with Crippen LogP contribution in [-0.2, 0) is 17.8 Å². The van der Waals surface area contributed by atoms with Crippen LogP contribution in [0.1, 0.15) is 10.4 Å². The van der Waals surface area contributed by atoms with Gasteiger partial charge in [0.2, 0.25) is 5.91 Å². The highest BCUT2D eigenvalue weighted by molar-refractivity contribution is 14.0. The number of thiophene rings is 1. The first kappa shape index (κ1) is 22.4. The third-order valence-corrected chi connectivity index (χ3v) is 4.42. The summed E-state index contributed by atoms with van der Waals surface area (Å²) in [5.74, 6) is 0.266. The van der Waals surface area contributed by atoms with E-state index in [2.05, 4.69) is 21.7 Å². The number of aliphatic imine (C=N–C) groups is 1. The molecule has 0 aliphatic heterocycles. The fourth-order valence-corrected chi connectivity index (χ4v) is 2.72. The lowest BCUT2D eigenvalue weighted by molar-refractivity contribution is -0.127. The van der Waals surface area contributed by atoms with Gasteiger partial charge < -0.3 is 15.5 Å². The van der Waals surface area contributed by atoms with Crippen molar-refractivity contribution in [2.45, 2.75) is 13.0 Å². The lowest BCUT2D eigenvalue weighted by atomic mass is 10.2. The summed E-state index contributed by atoms with van der Waals surface area (Å²) in [6.45, 7) is 1.29. The molecule has 0 bridgehead atoms. The average Bonchev–Trinajstić information content (AvgIpc) is 3.11. The number of nitrogens with zero attached hydrogens (tertiary/aromatic N) is 2. The zero-order chi connectivity index (χ0) is 18.1. The van der Waals surface area contributed by atoms with Gasteiger partial charge in [0, 0.05) is 25.5 Å². The Morgan fingerprint density at radius 1 is 1.19 bits per heavy atom. The molecule has 26 heavy (non-hydrogen) atoms. The maximum Gasteiger partial charge on any atom is 0.241 e. The van der Waals surface area contributed by atoms with Crippen molar-refractivity contribution in [2.24, 2.45) is 4.99 Å². The van der Waals surface area contributed by atoms with Gasteiger partial charge >= 0.3 is 0 Å². The summed E-state index contributed by atoms with van der Waals surface area (Å²) in [7, 11) is 3.42. The smallest absolute Gasteiger partial charge is 0.241 e. The highest BCUT2D eigenvalue weighted by atomic mass is 127. The summed E-state index contributed by atoms with van der Waals surface area (Å²) in [5.41, 5.74) is 0.902. The molecule has 0 radical (unpaired) electrons. The summed E-state index contributed by atoms with van der Waals surface area (Å²) in [4.78, 5) is 19.0. The Bertz CT molecular complexity index is 690. The van der Waals surface area contributed by atoms with Crippen molar-refractivity contribution in [1.82, 2.24) is 15.5 Å². The van der Waals surface area contributed by atoms with E-state index >= 15 is 0 Å². The quantitative estimate of drug-likeness (QED) is 0.357. The van der Waals surface area contributed by atoms with Gasteiger partial charge in [0.15, 0.2) is 5.96 Å². The van der Waals surface area contributed by atoms with Crippen LogP contribution in [0, 0.1) is 5.82 Å². The Hall–Kier alpha value is -1.68. The van der Waals surface area contributed by atoms with Crippen molar-refractivity contribution in [2.75, 3.05) is 27.2 Å². The molecule has 1 amide bonds. The highest BCUT2D eigenvalue weighted by Crippen LogP contribution is 2.08. The van der Waals surface area contributed by atoms with Crippen LogP contribution in [0.5, 0.6) is 0 Å². The Kier molecular flexibility index (Phi) is 10.2.